The van der Waals surface area contributed by atoms with Crippen LogP contribution in [0.3, 0.4) is 0 Å². The van der Waals surface area contributed by atoms with Gasteiger partial charge in [-0.2, -0.15) is 4.39 Å². The standard InChI is InChI=1S/C7H5F4N3O3/c8-5-1-4(17-7(9,10)11)3(2-12)6(13-5)14(15)16/h1H,2,12H2. The van der Waals surface area contributed by atoms with E-state index < -0.39 is 40.9 Å². The van der Waals surface area contributed by atoms with E-state index in [2.05, 4.69) is 9.72 Å². The number of alkyl halides is 3. The molecule has 0 aliphatic heterocycles. The third-order valence-corrected chi connectivity index (χ3v) is 1.63. The van der Waals surface area contributed by atoms with Crippen molar-refractivity contribution < 1.29 is 27.2 Å². The Hall–Kier alpha value is -1.97. The summed E-state index contributed by atoms with van der Waals surface area (Å²) in [4.78, 5) is 12.1. The molecule has 0 radical (unpaired) electrons. The fourth-order valence-corrected chi connectivity index (χ4v) is 1.07. The van der Waals surface area contributed by atoms with Crippen molar-refractivity contribution in [1.82, 2.24) is 4.98 Å². The van der Waals surface area contributed by atoms with Crippen LogP contribution in [-0.2, 0) is 6.54 Å². The molecule has 2 N–H and O–H groups in total. The van der Waals surface area contributed by atoms with E-state index in [0.29, 0.717) is 0 Å². The van der Waals surface area contributed by atoms with Gasteiger partial charge in [0.15, 0.2) is 0 Å². The van der Waals surface area contributed by atoms with Crippen molar-refractivity contribution in [2.24, 2.45) is 5.73 Å². The molecular formula is C7H5F4N3O3. The Morgan fingerprint density at radius 2 is 2.12 bits per heavy atom. The van der Waals surface area contributed by atoms with Crippen molar-refractivity contribution in [2.75, 3.05) is 0 Å². The van der Waals surface area contributed by atoms with Crippen LogP contribution < -0.4 is 10.5 Å². The molecule has 17 heavy (non-hydrogen) atoms. The van der Waals surface area contributed by atoms with Crippen molar-refractivity contribution in [1.29, 1.82) is 0 Å². The largest absolute Gasteiger partial charge is 0.573 e. The lowest BCUT2D eigenvalue weighted by atomic mass is 10.2. The van der Waals surface area contributed by atoms with E-state index in [0.717, 1.165) is 0 Å². The molecule has 0 atom stereocenters. The summed E-state index contributed by atoms with van der Waals surface area (Å²) in [5, 5.41) is 10.4. The summed E-state index contributed by atoms with van der Waals surface area (Å²) in [6, 6.07) is 0.280. The fraction of sp³-hybridized carbons (Fsp3) is 0.286. The molecule has 1 rings (SSSR count). The predicted molar refractivity (Wildman–Crippen MR) is 45.4 cm³/mol. The number of nitrogens with two attached hydrogens (primary N) is 1. The summed E-state index contributed by atoms with van der Waals surface area (Å²) >= 11 is 0. The van der Waals surface area contributed by atoms with Crippen molar-refractivity contribution >= 4 is 5.82 Å². The zero-order valence-electron chi connectivity index (χ0n) is 7.99. The molecule has 0 aliphatic rings. The number of nitro groups is 1. The number of nitrogens with zero attached hydrogens (tertiary/aromatic N) is 2. The Morgan fingerprint density at radius 1 is 1.53 bits per heavy atom. The first kappa shape index (κ1) is 13.1. The summed E-state index contributed by atoms with van der Waals surface area (Å²) in [7, 11) is 0. The molecule has 0 amide bonds. The molecule has 0 saturated carbocycles. The molecule has 1 heterocycles. The van der Waals surface area contributed by atoms with E-state index in [4.69, 9.17) is 5.73 Å². The van der Waals surface area contributed by atoms with Crippen LogP contribution in [-0.4, -0.2) is 16.3 Å². The van der Waals surface area contributed by atoms with Gasteiger partial charge >= 0.3 is 18.1 Å². The van der Waals surface area contributed by atoms with E-state index in [1.165, 1.54) is 0 Å². The third kappa shape index (κ3) is 3.24. The summed E-state index contributed by atoms with van der Waals surface area (Å²) in [6.45, 7) is -0.644. The molecule has 0 spiro atoms. The molecule has 1 aromatic rings. The first-order valence-electron chi connectivity index (χ1n) is 4.04. The minimum Gasteiger partial charge on any atom is -0.405 e. The minimum atomic E-state index is -5.11. The Bertz CT molecular complexity index is 449. The van der Waals surface area contributed by atoms with Crippen molar-refractivity contribution in [3.63, 3.8) is 0 Å². The number of pyridine rings is 1. The van der Waals surface area contributed by atoms with E-state index in [-0.39, 0.29) is 6.07 Å². The monoisotopic (exact) mass is 255 g/mol. The summed E-state index contributed by atoms with van der Waals surface area (Å²) in [6.07, 6.45) is -5.11. The van der Waals surface area contributed by atoms with E-state index in [9.17, 15) is 27.7 Å². The maximum atomic E-state index is 12.8. The first-order valence-corrected chi connectivity index (χ1v) is 4.04. The van der Waals surface area contributed by atoms with Crippen LogP contribution in [0.5, 0.6) is 5.75 Å². The Kier molecular flexibility index (Phi) is 3.46. The molecule has 6 nitrogen and oxygen atoms in total. The number of halogens is 4. The maximum absolute atomic E-state index is 12.8. The highest BCUT2D eigenvalue weighted by atomic mass is 19.4. The van der Waals surface area contributed by atoms with Gasteiger partial charge in [0.2, 0.25) is 0 Å². The van der Waals surface area contributed by atoms with Crippen LogP contribution in [0, 0.1) is 16.1 Å². The maximum Gasteiger partial charge on any atom is 0.573 e. The molecular weight excluding hydrogens is 250 g/mol. The van der Waals surface area contributed by atoms with E-state index >= 15 is 0 Å². The Labute approximate surface area is 91.1 Å². The molecule has 94 valence electrons. The lowest BCUT2D eigenvalue weighted by Crippen LogP contribution is -2.20. The van der Waals surface area contributed by atoms with Gasteiger partial charge in [0.25, 0.3) is 0 Å². The molecule has 0 aromatic carbocycles. The highest BCUT2D eigenvalue weighted by Gasteiger charge is 2.35. The Morgan fingerprint density at radius 3 is 2.53 bits per heavy atom. The molecule has 1 aromatic heterocycles. The zero-order valence-corrected chi connectivity index (χ0v) is 7.99. The number of hydrogen-bond donors (Lipinski definition) is 1. The zero-order chi connectivity index (χ0) is 13.2. The van der Waals surface area contributed by atoms with Crippen LogP contribution in [0.2, 0.25) is 0 Å². The molecule has 0 saturated heterocycles. The smallest absolute Gasteiger partial charge is 0.405 e. The van der Waals surface area contributed by atoms with Crippen LogP contribution in [0.25, 0.3) is 0 Å². The normalized spacial score (nSPS) is 11.4. The summed E-state index contributed by atoms with van der Waals surface area (Å²) < 4.78 is 52.0. The topological polar surface area (TPSA) is 91.3 Å². The lowest BCUT2D eigenvalue weighted by molar-refractivity contribution is -0.390. The van der Waals surface area contributed by atoms with E-state index in [1.807, 2.05) is 0 Å². The lowest BCUT2D eigenvalue weighted by Gasteiger charge is -2.11. The molecule has 10 heteroatoms. The van der Waals surface area contributed by atoms with Gasteiger partial charge in [0.05, 0.1) is 6.07 Å². The van der Waals surface area contributed by atoms with Crippen molar-refractivity contribution in [2.45, 2.75) is 12.9 Å². The Balaban J connectivity index is 3.33. The highest BCUT2D eigenvalue weighted by Crippen LogP contribution is 2.31. The minimum absolute atomic E-state index is 0.280. The summed E-state index contributed by atoms with van der Waals surface area (Å²) in [5.74, 6) is -3.64. The second-order valence-corrected chi connectivity index (χ2v) is 2.75. The van der Waals surface area contributed by atoms with Gasteiger partial charge in [-0.25, -0.2) is 0 Å². The van der Waals surface area contributed by atoms with E-state index in [1.54, 1.807) is 0 Å². The second-order valence-electron chi connectivity index (χ2n) is 2.75. The average Bonchev–Trinajstić information content (AvgIpc) is 2.14. The molecule has 0 unspecified atom stereocenters. The first-order chi connectivity index (χ1) is 7.74. The van der Waals surface area contributed by atoms with Gasteiger partial charge in [-0.3, -0.25) is 0 Å². The summed E-state index contributed by atoms with van der Waals surface area (Å²) in [5.41, 5.74) is 4.41. The molecule has 0 bridgehead atoms. The highest BCUT2D eigenvalue weighted by molar-refractivity contribution is 5.44. The number of ether oxygens (including phenoxy) is 1. The number of hydrogen-bond acceptors (Lipinski definition) is 5. The number of rotatable bonds is 3. The van der Waals surface area contributed by atoms with Gasteiger partial charge < -0.3 is 20.6 Å². The van der Waals surface area contributed by atoms with Gasteiger partial charge in [-0.15, -0.1) is 13.2 Å². The van der Waals surface area contributed by atoms with Crippen LogP contribution in [0.4, 0.5) is 23.4 Å². The SMILES string of the molecule is NCc1c(OC(F)(F)F)cc(F)nc1[N+](=O)[O-]. The molecule has 0 fully saturated rings. The van der Waals surface area contributed by atoms with Gasteiger partial charge in [0, 0.05) is 6.54 Å². The predicted octanol–water partition coefficient (Wildman–Crippen LogP) is 1.49. The fourth-order valence-electron chi connectivity index (χ4n) is 1.07. The van der Waals surface area contributed by atoms with Crippen molar-refractivity contribution in [3.8, 4) is 5.75 Å². The van der Waals surface area contributed by atoms with Crippen LogP contribution >= 0.6 is 0 Å². The average molecular weight is 255 g/mol. The molecule has 0 aliphatic carbocycles. The van der Waals surface area contributed by atoms with Gasteiger partial charge in [-0.1, -0.05) is 0 Å². The van der Waals surface area contributed by atoms with Gasteiger partial charge in [-0.05, 0) is 9.91 Å². The van der Waals surface area contributed by atoms with Crippen LogP contribution in [0.15, 0.2) is 6.07 Å². The third-order valence-electron chi connectivity index (χ3n) is 1.63. The quantitative estimate of drug-likeness (QED) is 0.382. The second kappa shape index (κ2) is 4.49. The number of aromatic nitrogens is 1. The van der Waals surface area contributed by atoms with Crippen LogP contribution in [0.1, 0.15) is 5.56 Å². The van der Waals surface area contributed by atoms with Gasteiger partial charge in [0.1, 0.15) is 11.3 Å². The van der Waals surface area contributed by atoms with Crippen molar-refractivity contribution in [3.05, 3.63) is 27.7 Å².